The number of rotatable bonds is 10. The lowest BCUT2D eigenvalue weighted by atomic mass is 9.81. The zero-order valence-corrected chi connectivity index (χ0v) is 26.6. The molecular formula is C33H49NO5Si. The third-order valence-corrected chi connectivity index (χ3v) is 13.0. The minimum Gasteiger partial charge on any atom is -0.465 e. The number of hydrogen-bond acceptors (Lipinski definition) is 5. The molecule has 1 saturated heterocycles. The van der Waals surface area contributed by atoms with E-state index >= 15 is 0 Å². The van der Waals surface area contributed by atoms with Crippen molar-refractivity contribution in [3.05, 3.63) is 60.7 Å². The standard InChI is InChI=1S/C33H49NO5Si/c1-8-37-31(36)34-22-19-26(27(25-34)20-23-38-30(35)32(2,3)4)21-24-39-40(33(5,6)7,28-15-11-9-12-16-28)29-17-13-10-14-18-29/h9-18,26-27H,8,19-25H2,1-7H3/t26-,27-/m0/s1. The van der Waals surface area contributed by atoms with Gasteiger partial charge in [-0.05, 0) is 74.2 Å². The molecule has 0 saturated carbocycles. The lowest BCUT2D eigenvalue weighted by Crippen LogP contribution is -2.66. The molecule has 1 fully saturated rings. The number of likely N-dealkylation sites (tertiary alicyclic amines) is 1. The van der Waals surface area contributed by atoms with Crippen LogP contribution in [-0.2, 0) is 18.7 Å². The van der Waals surface area contributed by atoms with Crippen molar-refractivity contribution in [3.8, 4) is 0 Å². The second-order valence-electron chi connectivity index (χ2n) is 12.9. The van der Waals surface area contributed by atoms with E-state index in [0.717, 1.165) is 12.8 Å². The normalized spacial score (nSPS) is 18.3. The van der Waals surface area contributed by atoms with Crippen LogP contribution >= 0.6 is 0 Å². The number of hydrogen-bond donors (Lipinski definition) is 0. The van der Waals surface area contributed by atoms with Crippen LogP contribution in [0.25, 0.3) is 0 Å². The largest absolute Gasteiger partial charge is 0.465 e. The van der Waals surface area contributed by atoms with E-state index in [9.17, 15) is 9.59 Å². The third-order valence-electron chi connectivity index (χ3n) is 7.98. The second kappa shape index (κ2) is 13.8. The molecule has 7 heteroatoms. The molecular weight excluding hydrogens is 518 g/mol. The molecule has 3 rings (SSSR count). The van der Waals surface area contributed by atoms with Gasteiger partial charge in [0.1, 0.15) is 0 Å². The van der Waals surface area contributed by atoms with Crippen LogP contribution in [0.2, 0.25) is 5.04 Å². The summed E-state index contributed by atoms with van der Waals surface area (Å²) < 4.78 is 18.1. The van der Waals surface area contributed by atoms with Crippen LogP contribution < -0.4 is 10.4 Å². The Labute approximate surface area is 242 Å². The van der Waals surface area contributed by atoms with Gasteiger partial charge in [0.25, 0.3) is 8.32 Å². The molecule has 2 aromatic carbocycles. The molecule has 0 aromatic heterocycles. The molecule has 0 bridgehead atoms. The number of ether oxygens (including phenoxy) is 2. The minimum atomic E-state index is -2.61. The molecule has 2 atom stereocenters. The topological polar surface area (TPSA) is 65.1 Å². The summed E-state index contributed by atoms with van der Waals surface area (Å²) in [6.07, 6.45) is 2.21. The first-order valence-corrected chi connectivity index (χ1v) is 16.6. The highest BCUT2D eigenvalue weighted by Gasteiger charge is 2.50. The van der Waals surface area contributed by atoms with Gasteiger partial charge in [-0.3, -0.25) is 4.79 Å². The van der Waals surface area contributed by atoms with E-state index in [1.165, 1.54) is 10.4 Å². The number of carbonyl (C=O) groups is 2. The number of benzene rings is 2. The summed E-state index contributed by atoms with van der Waals surface area (Å²) >= 11 is 0. The van der Waals surface area contributed by atoms with Gasteiger partial charge in [-0.1, -0.05) is 81.4 Å². The molecule has 1 aliphatic heterocycles. The molecule has 220 valence electrons. The maximum atomic E-state index is 12.5. The summed E-state index contributed by atoms with van der Waals surface area (Å²) in [6.45, 7) is 16.9. The van der Waals surface area contributed by atoms with Crippen LogP contribution in [0.3, 0.4) is 0 Å². The Morgan fingerprint density at radius 3 is 1.88 bits per heavy atom. The number of carbonyl (C=O) groups excluding carboxylic acids is 2. The van der Waals surface area contributed by atoms with Gasteiger partial charge in [-0.15, -0.1) is 0 Å². The lowest BCUT2D eigenvalue weighted by molar-refractivity contribution is -0.153. The third kappa shape index (κ3) is 7.76. The molecule has 0 radical (unpaired) electrons. The molecule has 40 heavy (non-hydrogen) atoms. The van der Waals surface area contributed by atoms with E-state index in [2.05, 4.69) is 81.4 Å². The highest BCUT2D eigenvalue weighted by molar-refractivity contribution is 6.99. The highest BCUT2D eigenvalue weighted by Crippen LogP contribution is 2.38. The minimum absolute atomic E-state index is 0.0798. The Bertz CT molecular complexity index is 1040. The predicted octanol–water partition coefficient (Wildman–Crippen LogP) is 6.03. The van der Waals surface area contributed by atoms with Crippen molar-refractivity contribution in [1.82, 2.24) is 4.90 Å². The number of nitrogens with zero attached hydrogens (tertiary/aromatic N) is 1. The van der Waals surface area contributed by atoms with E-state index in [-0.39, 0.29) is 23.0 Å². The second-order valence-corrected chi connectivity index (χ2v) is 17.2. The van der Waals surface area contributed by atoms with Gasteiger partial charge in [0.15, 0.2) is 0 Å². The lowest BCUT2D eigenvalue weighted by Gasteiger charge is -2.44. The molecule has 0 N–H and O–H groups in total. The van der Waals surface area contributed by atoms with Gasteiger partial charge in [0.2, 0.25) is 0 Å². The van der Waals surface area contributed by atoms with E-state index in [4.69, 9.17) is 13.9 Å². The van der Waals surface area contributed by atoms with Gasteiger partial charge in [0, 0.05) is 19.7 Å². The van der Waals surface area contributed by atoms with Crippen molar-refractivity contribution in [3.63, 3.8) is 0 Å². The van der Waals surface area contributed by atoms with E-state index < -0.39 is 13.7 Å². The summed E-state index contributed by atoms with van der Waals surface area (Å²) in [5.41, 5.74) is -0.535. The van der Waals surface area contributed by atoms with Crippen molar-refractivity contribution in [2.75, 3.05) is 32.9 Å². The smallest absolute Gasteiger partial charge is 0.409 e. The van der Waals surface area contributed by atoms with Gasteiger partial charge in [-0.25, -0.2) is 4.79 Å². The van der Waals surface area contributed by atoms with E-state index in [1.807, 2.05) is 27.7 Å². The Hall–Kier alpha value is -2.64. The van der Waals surface area contributed by atoms with Crippen LogP contribution in [0.4, 0.5) is 4.79 Å². The van der Waals surface area contributed by atoms with Crippen molar-refractivity contribution in [2.24, 2.45) is 17.3 Å². The van der Waals surface area contributed by atoms with E-state index in [1.54, 1.807) is 4.90 Å². The highest BCUT2D eigenvalue weighted by atomic mass is 28.4. The van der Waals surface area contributed by atoms with Crippen molar-refractivity contribution in [1.29, 1.82) is 0 Å². The molecule has 0 spiro atoms. The Morgan fingerprint density at radius 2 is 1.38 bits per heavy atom. The Balaban J connectivity index is 1.79. The van der Waals surface area contributed by atoms with Gasteiger partial charge >= 0.3 is 12.1 Å². The van der Waals surface area contributed by atoms with Crippen molar-refractivity contribution >= 4 is 30.8 Å². The Morgan fingerprint density at radius 1 is 0.825 bits per heavy atom. The number of esters is 1. The van der Waals surface area contributed by atoms with Gasteiger partial charge in [-0.2, -0.15) is 0 Å². The Kier molecular flexibility index (Phi) is 11.0. The van der Waals surface area contributed by atoms with Crippen LogP contribution in [-0.4, -0.2) is 58.2 Å². The maximum absolute atomic E-state index is 12.5. The quantitative estimate of drug-likeness (QED) is 0.259. The predicted molar refractivity (Wildman–Crippen MR) is 163 cm³/mol. The molecule has 2 aromatic rings. The first-order chi connectivity index (χ1) is 18.9. The van der Waals surface area contributed by atoms with Crippen LogP contribution in [0.1, 0.15) is 67.7 Å². The summed E-state index contributed by atoms with van der Waals surface area (Å²) in [4.78, 5) is 26.7. The number of amides is 1. The maximum Gasteiger partial charge on any atom is 0.409 e. The molecule has 6 nitrogen and oxygen atoms in total. The van der Waals surface area contributed by atoms with Crippen LogP contribution in [0.15, 0.2) is 60.7 Å². The summed E-state index contributed by atoms with van der Waals surface area (Å²) in [7, 11) is -2.61. The van der Waals surface area contributed by atoms with Crippen LogP contribution in [0.5, 0.6) is 0 Å². The fraction of sp³-hybridized carbons (Fsp3) is 0.576. The van der Waals surface area contributed by atoms with Crippen molar-refractivity contribution in [2.45, 2.75) is 72.8 Å². The number of piperidine rings is 1. The summed E-state index contributed by atoms with van der Waals surface area (Å²) in [5, 5.41) is 2.47. The average molecular weight is 568 g/mol. The first-order valence-electron chi connectivity index (χ1n) is 14.7. The molecule has 0 aliphatic carbocycles. The monoisotopic (exact) mass is 567 g/mol. The zero-order valence-electron chi connectivity index (χ0n) is 25.6. The zero-order chi connectivity index (χ0) is 29.4. The average Bonchev–Trinajstić information content (AvgIpc) is 2.91. The SMILES string of the molecule is CCOC(=O)N1CC[C@@H](CCO[Si](c2ccccc2)(c2ccccc2)C(C)(C)C)[C@@H](CCOC(=O)C(C)(C)C)C1. The molecule has 1 aliphatic rings. The van der Waals surface area contributed by atoms with Crippen LogP contribution in [0, 0.1) is 17.3 Å². The van der Waals surface area contributed by atoms with Gasteiger partial charge in [0.05, 0.1) is 18.6 Å². The fourth-order valence-electron chi connectivity index (χ4n) is 5.81. The molecule has 0 unspecified atom stereocenters. The fourth-order valence-corrected chi connectivity index (χ4v) is 10.4. The molecule has 1 heterocycles. The first kappa shape index (κ1) is 31.9. The van der Waals surface area contributed by atoms with Gasteiger partial charge < -0.3 is 18.8 Å². The molecule has 1 amide bonds. The summed E-state index contributed by atoms with van der Waals surface area (Å²) in [6, 6.07) is 21.4. The summed E-state index contributed by atoms with van der Waals surface area (Å²) in [5.74, 6) is 0.364. The van der Waals surface area contributed by atoms with Crippen molar-refractivity contribution < 1.29 is 23.5 Å². The van der Waals surface area contributed by atoms with E-state index in [0.29, 0.717) is 45.2 Å².